The van der Waals surface area contributed by atoms with Crippen molar-refractivity contribution in [2.75, 3.05) is 0 Å². The SMILES string of the molecule is CCc1ccc(C(Cl)CC(C)=O)cc1. The number of benzene rings is 1. The Hall–Kier alpha value is -0.820. The predicted molar refractivity (Wildman–Crippen MR) is 59.7 cm³/mol. The van der Waals surface area contributed by atoms with Gasteiger partial charge in [-0.1, -0.05) is 31.2 Å². The minimum Gasteiger partial charge on any atom is -0.300 e. The molecule has 0 saturated carbocycles. The van der Waals surface area contributed by atoms with Gasteiger partial charge in [-0.2, -0.15) is 0 Å². The summed E-state index contributed by atoms with van der Waals surface area (Å²) in [5.74, 6) is 0.129. The second kappa shape index (κ2) is 5.16. The smallest absolute Gasteiger partial charge is 0.131 e. The molecular weight excluding hydrogens is 196 g/mol. The van der Waals surface area contributed by atoms with E-state index in [0.29, 0.717) is 6.42 Å². The van der Waals surface area contributed by atoms with Crippen molar-refractivity contribution in [1.82, 2.24) is 0 Å². The summed E-state index contributed by atoms with van der Waals surface area (Å²) in [6.45, 7) is 3.68. The first kappa shape index (κ1) is 11.3. The molecule has 1 aromatic rings. The van der Waals surface area contributed by atoms with Crippen LogP contribution < -0.4 is 0 Å². The third kappa shape index (κ3) is 3.15. The highest BCUT2D eigenvalue weighted by Crippen LogP contribution is 2.24. The van der Waals surface area contributed by atoms with Crippen LogP contribution in [0.5, 0.6) is 0 Å². The van der Waals surface area contributed by atoms with E-state index in [1.807, 2.05) is 12.1 Å². The largest absolute Gasteiger partial charge is 0.300 e. The van der Waals surface area contributed by atoms with Gasteiger partial charge in [-0.15, -0.1) is 11.6 Å². The maximum Gasteiger partial charge on any atom is 0.131 e. The summed E-state index contributed by atoms with van der Waals surface area (Å²) in [5.41, 5.74) is 2.32. The third-order valence-corrected chi connectivity index (χ3v) is 2.62. The number of Topliss-reactive ketones (excluding diaryl/α,β-unsaturated/α-hetero) is 1. The van der Waals surface area contributed by atoms with Crippen molar-refractivity contribution >= 4 is 17.4 Å². The Kier molecular flexibility index (Phi) is 4.15. The number of rotatable bonds is 4. The van der Waals surface area contributed by atoms with Gasteiger partial charge in [0.05, 0.1) is 5.38 Å². The van der Waals surface area contributed by atoms with Gasteiger partial charge in [0.25, 0.3) is 0 Å². The molecule has 0 aliphatic carbocycles. The quantitative estimate of drug-likeness (QED) is 0.696. The summed E-state index contributed by atoms with van der Waals surface area (Å²) in [4.78, 5) is 10.9. The van der Waals surface area contributed by atoms with Gasteiger partial charge in [-0.25, -0.2) is 0 Å². The maximum atomic E-state index is 10.9. The van der Waals surface area contributed by atoms with Crippen LogP contribution in [-0.2, 0) is 11.2 Å². The van der Waals surface area contributed by atoms with E-state index in [1.165, 1.54) is 5.56 Å². The van der Waals surface area contributed by atoms with E-state index in [0.717, 1.165) is 12.0 Å². The van der Waals surface area contributed by atoms with Crippen LogP contribution in [0.15, 0.2) is 24.3 Å². The van der Waals surface area contributed by atoms with Gasteiger partial charge in [0.2, 0.25) is 0 Å². The number of aryl methyl sites for hydroxylation is 1. The third-order valence-electron chi connectivity index (χ3n) is 2.22. The highest BCUT2D eigenvalue weighted by molar-refractivity contribution is 6.21. The number of hydrogen-bond acceptors (Lipinski definition) is 1. The molecule has 0 N–H and O–H groups in total. The highest BCUT2D eigenvalue weighted by Gasteiger charge is 2.09. The molecule has 1 unspecified atom stereocenters. The fourth-order valence-corrected chi connectivity index (χ4v) is 1.70. The van der Waals surface area contributed by atoms with Gasteiger partial charge in [0.1, 0.15) is 5.78 Å². The molecule has 1 rings (SSSR count). The van der Waals surface area contributed by atoms with Gasteiger partial charge in [-0.05, 0) is 24.5 Å². The lowest BCUT2D eigenvalue weighted by Gasteiger charge is -2.08. The molecule has 0 heterocycles. The molecule has 1 aromatic carbocycles. The molecule has 0 aliphatic heterocycles. The van der Waals surface area contributed by atoms with Gasteiger partial charge in [0.15, 0.2) is 0 Å². The van der Waals surface area contributed by atoms with Crippen LogP contribution in [-0.4, -0.2) is 5.78 Å². The predicted octanol–water partition coefficient (Wildman–Crippen LogP) is 3.51. The van der Waals surface area contributed by atoms with Crippen molar-refractivity contribution in [3.63, 3.8) is 0 Å². The molecule has 1 atom stereocenters. The maximum absolute atomic E-state index is 10.9. The van der Waals surface area contributed by atoms with E-state index in [1.54, 1.807) is 6.92 Å². The van der Waals surface area contributed by atoms with Gasteiger partial charge >= 0.3 is 0 Å². The molecule has 0 fully saturated rings. The fourth-order valence-electron chi connectivity index (χ4n) is 1.33. The standard InChI is InChI=1S/C12H15ClO/c1-3-10-4-6-11(7-5-10)12(13)8-9(2)14/h4-7,12H,3,8H2,1-2H3. The Morgan fingerprint density at radius 2 is 1.93 bits per heavy atom. The molecule has 0 saturated heterocycles. The summed E-state index contributed by atoms with van der Waals surface area (Å²) < 4.78 is 0. The van der Waals surface area contributed by atoms with Gasteiger partial charge in [-0.3, -0.25) is 4.79 Å². The van der Waals surface area contributed by atoms with E-state index >= 15 is 0 Å². The van der Waals surface area contributed by atoms with E-state index in [4.69, 9.17) is 11.6 Å². The monoisotopic (exact) mass is 210 g/mol. The number of hydrogen-bond donors (Lipinski definition) is 0. The van der Waals surface area contributed by atoms with Crippen molar-refractivity contribution < 1.29 is 4.79 Å². The Morgan fingerprint density at radius 1 is 1.36 bits per heavy atom. The van der Waals surface area contributed by atoms with Crippen molar-refractivity contribution in [2.24, 2.45) is 0 Å². The molecule has 0 amide bonds. The summed E-state index contributed by atoms with van der Waals surface area (Å²) in [7, 11) is 0. The Labute approximate surface area is 90.1 Å². The van der Waals surface area contributed by atoms with Crippen LogP contribution in [0, 0.1) is 0 Å². The molecule has 14 heavy (non-hydrogen) atoms. The number of halogens is 1. The first-order valence-corrected chi connectivity index (χ1v) is 5.29. The highest BCUT2D eigenvalue weighted by atomic mass is 35.5. The number of ketones is 1. The fraction of sp³-hybridized carbons (Fsp3) is 0.417. The molecule has 2 heteroatoms. The van der Waals surface area contributed by atoms with Crippen molar-refractivity contribution in [2.45, 2.75) is 32.1 Å². The molecule has 0 spiro atoms. The summed E-state index contributed by atoms with van der Waals surface area (Å²) >= 11 is 6.08. The zero-order valence-corrected chi connectivity index (χ0v) is 9.34. The normalized spacial score (nSPS) is 12.5. The Morgan fingerprint density at radius 3 is 2.36 bits per heavy atom. The molecule has 0 bridgehead atoms. The zero-order chi connectivity index (χ0) is 10.6. The molecule has 0 aliphatic rings. The first-order valence-electron chi connectivity index (χ1n) is 4.85. The lowest BCUT2D eigenvalue weighted by atomic mass is 10.0. The summed E-state index contributed by atoms with van der Waals surface area (Å²) in [6, 6.07) is 8.12. The van der Waals surface area contributed by atoms with E-state index < -0.39 is 0 Å². The van der Waals surface area contributed by atoms with Crippen molar-refractivity contribution in [3.05, 3.63) is 35.4 Å². The molecular formula is C12H15ClO. The zero-order valence-electron chi connectivity index (χ0n) is 8.59. The average molecular weight is 211 g/mol. The summed E-state index contributed by atoms with van der Waals surface area (Å²) in [6.07, 6.45) is 1.44. The minimum absolute atomic E-state index is 0.129. The van der Waals surface area contributed by atoms with E-state index in [9.17, 15) is 4.79 Å². The topological polar surface area (TPSA) is 17.1 Å². The minimum atomic E-state index is -0.182. The molecule has 0 aromatic heterocycles. The Bertz CT molecular complexity index is 303. The van der Waals surface area contributed by atoms with Gasteiger partial charge in [0, 0.05) is 6.42 Å². The lowest BCUT2D eigenvalue weighted by Crippen LogP contribution is -1.98. The average Bonchev–Trinajstić information content (AvgIpc) is 2.17. The lowest BCUT2D eigenvalue weighted by molar-refractivity contribution is -0.117. The second-order valence-electron chi connectivity index (χ2n) is 3.47. The van der Waals surface area contributed by atoms with Crippen molar-refractivity contribution in [3.8, 4) is 0 Å². The van der Waals surface area contributed by atoms with Crippen LogP contribution in [0.3, 0.4) is 0 Å². The van der Waals surface area contributed by atoms with Crippen LogP contribution in [0.25, 0.3) is 0 Å². The first-order chi connectivity index (χ1) is 6.63. The molecule has 0 radical (unpaired) electrons. The van der Waals surface area contributed by atoms with Crippen LogP contribution in [0.2, 0.25) is 0 Å². The van der Waals surface area contributed by atoms with Crippen molar-refractivity contribution in [1.29, 1.82) is 0 Å². The molecule has 1 nitrogen and oxygen atoms in total. The molecule has 76 valence electrons. The number of carbonyl (C=O) groups is 1. The summed E-state index contributed by atoms with van der Waals surface area (Å²) in [5, 5.41) is -0.182. The number of alkyl halides is 1. The van der Waals surface area contributed by atoms with Crippen LogP contribution in [0.1, 0.15) is 36.8 Å². The van der Waals surface area contributed by atoms with Crippen LogP contribution >= 0.6 is 11.6 Å². The second-order valence-corrected chi connectivity index (χ2v) is 4.00. The van der Waals surface area contributed by atoms with E-state index in [-0.39, 0.29) is 11.2 Å². The van der Waals surface area contributed by atoms with Crippen LogP contribution in [0.4, 0.5) is 0 Å². The Balaban J connectivity index is 2.71. The van der Waals surface area contributed by atoms with Gasteiger partial charge < -0.3 is 0 Å². The van der Waals surface area contributed by atoms with E-state index in [2.05, 4.69) is 19.1 Å². The number of carbonyl (C=O) groups excluding carboxylic acids is 1.